The van der Waals surface area contributed by atoms with E-state index in [0.29, 0.717) is 12.8 Å². The van der Waals surface area contributed by atoms with Crippen molar-refractivity contribution in [2.75, 3.05) is 0 Å². The highest BCUT2D eigenvalue weighted by molar-refractivity contribution is 5.66. The van der Waals surface area contributed by atoms with E-state index in [4.69, 9.17) is 12.0 Å². The number of carboxylic acid groups (broad SMARTS) is 1. The van der Waals surface area contributed by atoms with Crippen molar-refractivity contribution in [1.82, 2.24) is 0 Å². The second-order valence-electron chi connectivity index (χ2n) is 5.01. The smallest absolute Gasteiger partial charge is 0.303 e. The maximum atomic E-state index is 10.3. The van der Waals surface area contributed by atoms with Crippen molar-refractivity contribution in [1.29, 1.82) is 0 Å². The predicted molar refractivity (Wildman–Crippen MR) is 105 cm³/mol. The average molecular weight is 334 g/mol. The van der Waals surface area contributed by atoms with Gasteiger partial charge in [0, 0.05) is 13.3 Å². The number of rotatable bonds is 14. The fraction of sp³-hybridized carbons (Fsp3) is 0.409. The van der Waals surface area contributed by atoms with Gasteiger partial charge in [0.15, 0.2) is 0 Å². The van der Waals surface area contributed by atoms with Gasteiger partial charge in [-0.25, -0.2) is 0 Å². The minimum Gasteiger partial charge on any atom is -0.481 e. The summed E-state index contributed by atoms with van der Waals surface area (Å²) in [6, 6.07) is 0. The zero-order chi connectivity index (χ0) is 22.0. The molecule has 0 bridgehead atoms. The fourth-order valence-corrected chi connectivity index (χ4v) is 1.71. The standard InChI is InChI=1S/C22H32O2/c1-2-3-4-5-6-7-8-9-10-11-12-13-14-15-16-17-18-19-20-21-22(23)24/h3-4,6-7,9-10,12-13,15-16,18-19H,2,5,8,11,14,17,20-21H2,1H3,(H,23,24)/i1D3,2D2. The van der Waals surface area contributed by atoms with Gasteiger partial charge in [0.2, 0.25) is 0 Å². The lowest BCUT2D eigenvalue weighted by molar-refractivity contribution is -0.136. The zero-order valence-corrected chi connectivity index (χ0v) is 14.2. The third-order valence-corrected chi connectivity index (χ3v) is 2.92. The van der Waals surface area contributed by atoms with E-state index < -0.39 is 19.2 Å². The lowest BCUT2D eigenvalue weighted by atomic mass is 10.2. The van der Waals surface area contributed by atoms with Crippen LogP contribution < -0.4 is 0 Å². The normalized spacial score (nSPS) is 17.2. The molecule has 0 aliphatic heterocycles. The molecule has 0 aliphatic carbocycles. The van der Waals surface area contributed by atoms with Gasteiger partial charge in [-0.05, 0) is 44.9 Å². The molecular weight excluding hydrogens is 296 g/mol. The topological polar surface area (TPSA) is 37.3 Å². The minimum absolute atomic E-state index is 0.175. The predicted octanol–water partition coefficient (Wildman–Crippen LogP) is 6.55. The summed E-state index contributed by atoms with van der Waals surface area (Å²) >= 11 is 0. The lowest BCUT2D eigenvalue weighted by Gasteiger charge is -1.87. The Morgan fingerprint density at radius 3 is 1.50 bits per heavy atom. The summed E-state index contributed by atoms with van der Waals surface area (Å²) in [6.45, 7) is -2.64. The first-order valence-corrected chi connectivity index (χ1v) is 8.31. The molecule has 0 atom stereocenters. The van der Waals surface area contributed by atoms with Gasteiger partial charge in [0.25, 0.3) is 0 Å². The van der Waals surface area contributed by atoms with E-state index in [2.05, 4.69) is 30.4 Å². The number of carboxylic acids is 1. The van der Waals surface area contributed by atoms with Gasteiger partial charge in [-0.3, -0.25) is 4.79 Å². The van der Waals surface area contributed by atoms with Crippen LogP contribution in [0.4, 0.5) is 0 Å². The third kappa shape index (κ3) is 19.9. The van der Waals surface area contributed by atoms with Crippen LogP contribution in [0.3, 0.4) is 0 Å². The quantitative estimate of drug-likeness (QED) is 0.366. The van der Waals surface area contributed by atoms with Crippen LogP contribution in [0.2, 0.25) is 0 Å². The van der Waals surface area contributed by atoms with Crippen LogP contribution in [0.25, 0.3) is 0 Å². The van der Waals surface area contributed by atoms with E-state index in [-0.39, 0.29) is 6.42 Å². The summed E-state index contributed by atoms with van der Waals surface area (Å²) in [6.07, 6.45) is 25.1. The SMILES string of the molecule is [2H]C([2H])([2H])C([2H])([2H])C=CCC=CCC=CCC=CCC=CCC=CCCC(=O)O. The van der Waals surface area contributed by atoms with E-state index in [1.54, 1.807) is 0 Å². The van der Waals surface area contributed by atoms with Crippen molar-refractivity contribution in [3.05, 3.63) is 72.9 Å². The van der Waals surface area contributed by atoms with Gasteiger partial charge in [-0.2, -0.15) is 0 Å². The molecule has 0 unspecified atom stereocenters. The zero-order valence-electron chi connectivity index (χ0n) is 19.2. The summed E-state index contributed by atoms with van der Waals surface area (Å²) in [5.74, 6) is -0.772. The number of hydrogen-bond acceptors (Lipinski definition) is 1. The summed E-state index contributed by atoms with van der Waals surface area (Å²) in [5.41, 5.74) is 0. The molecule has 0 rings (SSSR count). The average Bonchev–Trinajstić information content (AvgIpc) is 2.62. The number of allylic oxidation sites excluding steroid dienone is 12. The first-order valence-electron chi connectivity index (χ1n) is 10.8. The molecule has 24 heavy (non-hydrogen) atoms. The van der Waals surface area contributed by atoms with Crippen molar-refractivity contribution in [2.24, 2.45) is 0 Å². The summed E-state index contributed by atoms with van der Waals surface area (Å²) < 4.78 is 36.2. The maximum absolute atomic E-state index is 10.3. The lowest BCUT2D eigenvalue weighted by Crippen LogP contribution is -1.91. The molecule has 0 fully saturated rings. The molecule has 2 nitrogen and oxygen atoms in total. The summed E-state index contributed by atoms with van der Waals surface area (Å²) in [5, 5.41) is 8.50. The molecule has 0 radical (unpaired) electrons. The maximum Gasteiger partial charge on any atom is 0.303 e. The highest BCUT2D eigenvalue weighted by atomic mass is 16.4. The molecule has 0 aliphatic rings. The van der Waals surface area contributed by atoms with Gasteiger partial charge in [0.05, 0.1) is 0 Å². The van der Waals surface area contributed by atoms with E-state index in [9.17, 15) is 4.79 Å². The van der Waals surface area contributed by atoms with Crippen molar-refractivity contribution in [3.8, 4) is 0 Å². The Labute approximate surface area is 154 Å². The molecule has 0 spiro atoms. The second-order valence-corrected chi connectivity index (χ2v) is 5.01. The van der Waals surface area contributed by atoms with E-state index in [1.807, 2.05) is 30.4 Å². The molecule has 0 aromatic rings. The summed E-state index contributed by atoms with van der Waals surface area (Å²) in [7, 11) is 0. The van der Waals surface area contributed by atoms with E-state index in [0.717, 1.165) is 31.8 Å². The van der Waals surface area contributed by atoms with Gasteiger partial charge in [0.1, 0.15) is 0 Å². The molecule has 0 amide bonds. The van der Waals surface area contributed by atoms with Crippen LogP contribution in [-0.2, 0) is 4.79 Å². The first-order chi connectivity index (χ1) is 13.7. The molecule has 0 aromatic heterocycles. The third-order valence-electron chi connectivity index (χ3n) is 2.92. The Morgan fingerprint density at radius 1 is 0.750 bits per heavy atom. The largest absolute Gasteiger partial charge is 0.481 e. The Morgan fingerprint density at radius 2 is 1.12 bits per heavy atom. The molecule has 0 aromatic carbocycles. The molecule has 0 saturated heterocycles. The monoisotopic (exact) mass is 333 g/mol. The number of aliphatic carboxylic acids is 1. The molecular formula is C22H32O2. The van der Waals surface area contributed by atoms with Crippen LogP contribution in [0.1, 0.15) is 65.0 Å². The van der Waals surface area contributed by atoms with Crippen LogP contribution in [0.5, 0.6) is 0 Å². The van der Waals surface area contributed by atoms with Crippen LogP contribution in [0, 0.1) is 0 Å². The van der Waals surface area contributed by atoms with Crippen molar-refractivity contribution < 1.29 is 16.8 Å². The molecule has 2 heteroatoms. The molecule has 0 saturated carbocycles. The molecule has 132 valence electrons. The van der Waals surface area contributed by atoms with E-state index >= 15 is 0 Å². The Kier molecular flexibility index (Phi) is 11.3. The van der Waals surface area contributed by atoms with Gasteiger partial charge < -0.3 is 5.11 Å². The minimum atomic E-state index is -2.64. The Hall–Kier alpha value is -2.09. The second kappa shape index (κ2) is 19.0. The fourth-order valence-electron chi connectivity index (χ4n) is 1.71. The van der Waals surface area contributed by atoms with Gasteiger partial charge in [-0.1, -0.05) is 79.8 Å². The molecule has 0 heterocycles. The Balaban J connectivity index is 3.77. The summed E-state index contributed by atoms with van der Waals surface area (Å²) in [4.78, 5) is 10.3. The van der Waals surface area contributed by atoms with Crippen LogP contribution >= 0.6 is 0 Å². The van der Waals surface area contributed by atoms with Gasteiger partial charge >= 0.3 is 5.97 Å². The number of hydrogen-bond donors (Lipinski definition) is 1. The molecule has 1 N–H and O–H groups in total. The van der Waals surface area contributed by atoms with Gasteiger partial charge in [-0.15, -0.1) is 0 Å². The first kappa shape index (κ1) is 14.3. The van der Waals surface area contributed by atoms with Crippen molar-refractivity contribution >= 4 is 5.97 Å². The highest BCUT2D eigenvalue weighted by Crippen LogP contribution is 1.97. The van der Waals surface area contributed by atoms with Crippen LogP contribution in [-0.4, -0.2) is 11.1 Å². The van der Waals surface area contributed by atoms with Crippen LogP contribution in [0.15, 0.2) is 72.9 Å². The highest BCUT2D eigenvalue weighted by Gasteiger charge is 1.90. The number of carbonyl (C=O) groups is 1. The Bertz CT molecular complexity index is 624. The van der Waals surface area contributed by atoms with Crippen molar-refractivity contribution in [3.63, 3.8) is 0 Å². The van der Waals surface area contributed by atoms with Crippen molar-refractivity contribution in [2.45, 2.75) is 58.2 Å². The van der Waals surface area contributed by atoms with E-state index in [1.165, 1.54) is 6.08 Å².